The van der Waals surface area contributed by atoms with Gasteiger partial charge < -0.3 is 5.32 Å². The van der Waals surface area contributed by atoms with Gasteiger partial charge in [-0.2, -0.15) is 0 Å². The van der Waals surface area contributed by atoms with Crippen molar-refractivity contribution in [2.24, 2.45) is 0 Å². The molecule has 1 N–H and O–H groups in total. The minimum Gasteiger partial charge on any atom is -0.350 e. The van der Waals surface area contributed by atoms with Gasteiger partial charge in [0.15, 0.2) is 0 Å². The molecule has 0 spiro atoms. The summed E-state index contributed by atoms with van der Waals surface area (Å²) in [5, 5.41) is 2.52. The molecule has 0 unspecified atom stereocenters. The number of amides is 5. The number of halogens is 1. The average Bonchev–Trinajstić information content (AvgIpc) is 2.76. The predicted octanol–water partition coefficient (Wildman–Crippen LogP) is 1.03. The summed E-state index contributed by atoms with van der Waals surface area (Å²) in [6, 6.07) is 4.78. The van der Waals surface area contributed by atoms with Gasteiger partial charge in [-0.25, -0.2) is 14.1 Å². The summed E-state index contributed by atoms with van der Waals surface area (Å²) in [5.74, 6) is -2.86. The van der Waals surface area contributed by atoms with Crippen molar-refractivity contribution in [1.29, 1.82) is 0 Å². The molecular formula is C16H18FN3O4. The van der Waals surface area contributed by atoms with Gasteiger partial charge in [0.2, 0.25) is 5.91 Å². The first-order chi connectivity index (χ1) is 11.4. The smallest absolute Gasteiger partial charge is 0.334 e. The predicted molar refractivity (Wildman–Crippen MR) is 82.0 cm³/mol. The van der Waals surface area contributed by atoms with Gasteiger partial charge in [0.05, 0.1) is 0 Å². The second-order valence-electron chi connectivity index (χ2n) is 5.39. The monoisotopic (exact) mass is 335 g/mol. The van der Waals surface area contributed by atoms with Gasteiger partial charge in [-0.1, -0.05) is 25.5 Å². The minimum atomic E-state index is -0.993. The molecule has 1 aromatic rings. The maximum absolute atomic E-state index is 12.8. The highest BCUT2D eigenvalue weighted by molar-refractivity contribution is 6.45. The number of carbonyl (C=O) groups is 4. The van der Waals surface area contributed by atoms with Crippen LogP contribution in [0.4, 0.5) is 9.18 Å². The topological polar surface area (TPSA) is 86.8 Å². The molecule has 1 aromatic carbocycles. The Morgan fingerprint density at radius 1 is 1.08 bits per heavy atom. The largest absolute Gasteiger partial charge is 0.350 e. The number of carbonyl (C=O) groups excluding carboxylic acids is 4. The number of nitrogens with zero attached hydrogens (tertiary/aromatic N) is 2. The Labute approximate surface area is 138 Å². The number of hydrogen-bond acceptors (Lipinski definition) is 4. The van der Waals surface area contributed by atoms with E-state index in [1.165, 1.54) is 24.3 Å². The highest BCUT2D eigenvalue weighted by atomic mass is 19.1. The molecule has 1 fully saturated rings. The summed E-state index contributed by atoms with van der Waals surface area (Å²) in [7, 11) is 0. The minimum absolute atomic E-state index is 0.128. The molecule has 0 atom stereocenters. The molecular weight excluding hydrogens is 317 g/mol. The van der Waals surface area contributed by atoms with Crippen LogP contribution in [0.25, 0.3) is 0 Å². The summed E-state index contributed by atoms with van der Waals surface area (Å²) in [4.78, 5) is 49.1. The molecule has 0 aliphatic carbocycles. The van der Waals surface area contributed by atoms with E-state index in [4.69, 9.17) is 0 Å². The van der Waals surface area contributed by atoms with E-state index in [1.54, 1.807) is 0 Å². The van der Waals surface area contributed by atoms with E-state index in [0.717, 1.165) is 11.3 Å². The molecule has 1 saturated heterocycles. The Morgan fingerprint density at radius 2 is 1.71 bits per heavy atom. The first-order valence-corrected chi connectivity index (χ1v) is 7.62. The lowest BCUT2D eigenvalue weighted by Crippen LogP contribution is -2.41. The van der Waals surface area contributed by atoms with Crippen LogP contribution in [0.15, 0.2) is 24.3 Å². The third-order valence-electron chi connectivity index (χ3n) is 3.57. The van der Waals surface area contributed by atoms with Crippen molar-refractivity contribution in [2.75, 3.05) is 13.1 Å². The van der Waals surface area contributed by atoms with Gasteiger partial charge in [-0.3, -0.25) is 19.3 Å². The maximum Gasteiger partial charge on any atom is 0.334 e. The fraction of sp³-hybridized carbons (Fsp3) is 0.375. The van der Waals surface area contributed by atoms with Gasteiger partial charge in [0.25, 0.3) is 0 Å². The molecule has 24 heavy (non-hydrogen) atoms. The fourth-order valence-corrected chi connectivity index (χ4v) is 2.21. The van der Waals surface area contributed by atoms with E-state index in [0.29, 0.717) is 16.9 Å². The van der Waals surface area contributed by atoms with Crippen molar-refractivity contribution in [2.45, 2.75) is 26.3 Å². The van der Waals surface area contributed by atoms with Gasteiger partial charge in [-0.15, -0.1) is 0 Å². The summed E-state index contributed by atoms with van der Waals surface area (Å²) in [6.07, 6.45) is 1.36. The molecule has 2 rings (SSSR count). The van der Waals surface area contributed by atoms with Crippen molar-refractivity contribution in [3.63, 3.8) is 0 Å². The van der Waals surface area contributed by atoms with Crippen LogP contribution in [0.1, 0.15) is 25.3 Å². The van der Waals surface area contributed by atoms with Crippen LogP contribution in [-0.2, 0) is 20.9 Å². The van der Waals surface area contributed by atoms with E-state index in [1.807, 2.05) is 6.92 Å². The number of imide groups is 2. The third kappa shape index (κ3) is 3.95. The third-order valence-corrected chi connectivity index (χ3v) is 3.57. The number of unbranched alkanes of at least 4 members (excludes halogenated alkanes) is 1. The molecule has 7 nitrogen and oxygen atoms in total. The fourth-order valence-electron chi connectivity index (χ4n) is 2.21. The number of urea groups is 1. The molecule has 1 aliphatic heterocycles. The van der Waals surface area contributed by atoms with Crippen LogP contribution in [-0.4, -0.2) is 46.6 Å². The van der Waals surface area contributed by atoms with E-state index < -0.39 is 30.3 Å². The quantitative estimate of drug-likeness (QED) is 0.596. The number of nitrogens with one attached hydrogen (secondary N) is 1. The van der Waals surface area contributed by atoms with Crippen molar-refractivity contribution in [3.8, 4) is 0 Å². The SMILES string of the molecule is CCCCN1C(=O)C(=O)N(CC(=O)NCc2ccc(F)cc2)C1=O. The number of rotatable bonds is 7. The van der Waals surface area contributed by atoms with Crippen LogP contribution in [0, 0.1) is 5.82 Å². The highest BCUT2D eigenvalue weighted by Gasteiger charge is 2.44. The van der Waals surface area contributed by atoms with E-state index in [9.17, 15) is 23.6 Å². The average molecular weight is 335 g/mol. The lowest BCUT2D eigenvalue weighted by molar-refractivity contribution is -0.144. The van der Waals surface area contributed by atoms with Crippen LogP contribution in [0.2, 0.25) is 0 Å². The molecule has 0 bridgehead atoms. The number of hydrogen-bond donors (Lipinski definition) is 1. The molecule has 1 heterocycles. The van der Waals surface area contributed by atoms with Crippen molar-refractivity contribution < 1.29 is 23.6 Å². The van der Waals surface area contributed by atoms with Gasteiger partial charge in [0.1, 0.15) is 12.4 Å². The Bertz CT molecular complexity index is 660. The summed E-state index contributed by atoms with van der Waals surface area (Å²) < 4.78 is 12.8. The first-order valence-electron chi connectivity index (χ1n) is 7.62. The van der Waals surface area contributed by atoms with Crippen LogP contribution < -0.4 is 5.32 Å². The normalized spacial score (nSPS) is 14.5. The summed E-state index contributed by atoms with van der Waals surface area (Å²) >= 11 is 0. The van der Waals surface area contributed by atoms with Gasteiger partial charge in [-0.05, 0) is 24.1 Å². The second kappa shape index (κ2) is 7.67. The maximum atomic E-state index is 12.8. The van der Waals surface area contributed by atoms with E-state index >= 15 is 0 Å². The van der Waals surface area contributed by atoms with Crippen LogP contribution in [0.5, 0.6) is 0 Å². The Kier molecular flexibility index (Phi) is 5.62. The molecule has 1 aliphatic rings. The Balaban J connectivity index is 1.91. The Morgan fingerprint density at radius 3 is 2.33 bits per heavy atom. The first kappa shape index (κ1) is 17.6. The van der Waals surface area contributed by atoms with E-state index in [-0.39, 0.29) is 18.9 Å². The zero-order valence-corrected chi connectivity index (χ0v) is 13.3. The molecule has 5 amide bonds. The summed E-state index contributed by atoms with van der Waals surface area (Å²) in [6.45, 7) is 1.66. The van der Waals surface area contributed by atoms with Crippen molar-refractivity contribution in [1.82, 2.24) is 15.1 Å². The number of benzene rings is 1. The molecule has 128 valence electrons. The molecule has 0 saturated carbocycles. The standard InChI is InChI=1S/C16H18FN3O4/c1-2-3-8-19-14(22)15(23)20(16(19)24)10-13(21)18-9-11-4-6-12(17)7-5-11/h4-7H,2-3,8-10H2,1H3,(H,18,21). The summed E-state index contributed by atoms with van der Waals surface area (Å²) in [5.41, 5.74) is 0.671. The van der Waals surface area contributed by atoms with Crippen molar-refractivity contribution in [3.05, 3.63) is 35.6 Å². The second-order valence-corrected chi connectivity index (χ2v) is 5.39. The van der Waals surface area contributed by atoms with E-state index in [2.05, 4.69) is 5.32 Å². The van der Waals surface area contributed by atoms with Gasteiger partial charge in [0, 0.05) is 13.1 Å². The lowest BCUT2D eigenvalue weighted by Gasteiger charge is -2.15. The zero-order valence-electron chi connectivity index (χ0n) is 13.3. The van der Waals surface area contributed by atoms with Crippen LogP contribution >= 0.6 is 0 Å². The van der Waals surface area contributed by atoms with Crippen molar-refractivity contribution >= 4 is 23.8 Å². The lowest BCUT2D eigenvalue weighted by atomic mass is 10.2. The van der Waals surface area contributed by atoms with Gasteiger partial charge >= 0.3 is 17.8 Å². The molecule has 0 aromatic heterocycles. The highest BCUT2D eigenvalue weighted by Crippen LogP contribution is 2.12. The molecule has 8 heteroatoms. The Hall–Kier alpha value is -2.77. The zero-order chi connectivity index (χ0) is 17.7. The van der Waals surface area contributed by atoms with Crippen LogP contribution in [0.3, 0.4) is 0 Å². The molecule has 0 radical (unpaired) electrons.